The van der Waals surface area contributed by atoms with Crippen LogP contribution in [0.3, 0.4) is 0 Å². The van der Waals surface area contributed by atoms with Crippen LogP contribution in [0.4, 0.5) is 4.39 Å². The van der Waals surface area contributed by atoms with Crippen molar-refractivity contribution in [1.82, 2.24) is 9.13 Å². The lowest BCUT2D eigenvalue weighted by Gasteiger charge is -2.23. The highest BCUT2D eigenvalue weighted by Gasteiger charge is 2.22. The number of halogens is 1. The lowest BCUT2D eigenvalue weighted by atomic mass is 9.96. The molecule has 24 heavy (non-hydrogen) atoms. The average molecular weight is 324 g/mol. The normalized spacial score (nSPS) is 14.5. The van der Waals surface area contributed by atoms with E-state index in [2.05, 4.69) is 24.5 Å². The number of pyridine rings is 1. The van der Waals surface area contributed by atoms with Gasteiger partial charge in [0.2, 0.25) is 0 Å². The van der Waals surface area contributed by atoms with Crippen LogP contribution in [0.15, 0.2) is 41.2 Å². The fourth-order valence-electron chi connectivity index (χ4n) is 3.85. The predicted octanol–water partition coefficient (Wildman–Crippen LogP) is 4.53. The molecule has 1 aliphatic rings. The molecule has 0 saturated carbocycles. The molecular weight excluding hydrogens is 303 g/mol. The van der Waals surface area contributed by atoms with E-state index in [0.29, 0.717) is 24.4 Å². The quantitative estimate of drug-likeness (QED) is 0.695. The van der Waals surface area contributed by atoms with E-state index in [1.807, 2.05) is 16.7 Å². The van der Waals surface area contributed by atoms with Crippen LogP contribution in [-0.2, 0) is 13.1 Å². The monoisotopic (exact) mass is 324 g/mol. The topological polar surface area (TPSA) is 26.9 Å². The molecule has 0 N–H and O–H groups in total. The Hall–Kier alpha value is -2.36. The number of nitrogens with zero attached hydrogens (tertiary/aromatic N) is 2. The van der Waals surface area contributed by atoms with Gasteiger partial charge in [-0.1, -0.05) is 26.3 Å². The molecule has 4 rings (SSSR count). The molecule has 3 aromatic rings. The van der Waals surface area contributed by atoms with Gasteiger partial charge in [0.05, 0.1) is 16.9 Å². The molecule has 3 nitrogen and oxygen atoms in total. The minimum atomic E-state index is -0.209. The minimum absolute atomic E-state index is 0.0439. The molecule has 0 saturated heterocycles. The van der Waals surface area contributed by atoms with E-state index in [-0.39, 0.29) is 11.4 Å². The van der Waals surface area contributed by atoms with Crippen LogP contribution in [0.2, 0.25) is 0 Å². The molecule has 0 aliphatic carbocycles. The van der Waals surface area contributed by atoms with Crippen LogP contribution in [0.25, 0.3) is 22.3 Å². The summed E-state index contributed by atoms with van der Waals surface area (Å²) in [6, 6.07) is 10.9. The van der Waals surface area contributed by atoms with Gasteiger partial charge in [-0.2, -0.15) is 0 Å². The van der Waals surface area contributed by atoms with E-state index >= 15 is 0 Å². The lowest BCUT2D eigenvalue weighted by Crippen LogP contribution is -2.28. The summed E-state index contributed by atoms with van der Waals surface area (Å²) >= 11 is 0. The van der Waals surface area contributed by atoms with Crippen molar-refractivity contribution in [1.29, 1.82) is 0 Å². The molecule has 1 unspecified atom stereocenters. The second kappa shape index (κ2) is 5.62. The van der Waals surface area contributed by atoms with Crippen LogP contribution in [0.5, 0.6) is 0 Å². The van der Waals surface area contributed by atoms with Crippen molar-refractivity contribution in [3.8, 4) is 11.4 Å². The SMILES string of the molecule is CCCC(C)c1cc2n(c(=O)c1)CCn1c-2cc2c(F)cccc21. The smallest absolute Gasteiger partial charge is 0.251 e. The Kier molecular flexibility index (Phi) is 3.56. The number of aryl methyl sites for hydroxylation is 1. The summed E-state index contributed by atoms with van der Waals surface area (Å²) in [6.45, 7) is 5.64. The second-order valence-corrected chi connectivity index (χ2v) is 6.71. The molecule has 0 spiro atoms. The molecule has 2 aromatic heterocycles. The number of rotatable bonds is 3. The van der Waals surface area contributed by atoms with Crippen LogP contribution >= 0.6 is 0 Å². The van der Waals surface area contributed by atoms with E-state index in [1.165, 1.54) is 6.07 Å². The van der Waals surface area contributed by atoms with Crippen molar-refractivity contribution in [3.63, 3.8) is 0 Å². The first-order valence-electron chi connectivity index (χ1n) is 8.63. The first kappa shape index (κ1) is 15.2. The van der Waals surface area contributed by atoms with Gasteiger partial charge in [-0.15, -0.1) is 0 Å². The molecule has 1 atom stereocenters. The van der Waals surface area contributed by atoms with Crippen molar-refractivity contribution in [2.24, 2.45) is 0 Å². The van der Waals surface area contributed by atoms with E-state index < -0.39 is 0 Å². The summed E-state index contributed by atoms with van der Waals surface area (Å²) in [5.41, 5.74) is 3.86. The Morgan fingerprint density at radius 1 is 1.12 bits per heavy atom. The van der Waals surface area contributed by atoms with Gasteiger partial charge in [0.25, 0.3) is 5.56 Å². The van der Waals surface area contributed by atoms with Gasteiger partial charge < -0.3 is 9.13 Å². The molecule has 124 valence electrons. The third-order valence-electron chi connectivity index (χ3n) is 5.14. The average Bonchev–Trinajstić information content (AvgIpc) is 2.95. The van der Waals surface area contributed by atoms with E-state index in [0.717, 1.165) is 35.3 Å². The zero-order chi connectivity index (χ0) is 16.8. The number of fused-ring (bicyclic) bond motifs is 5. The molecule has 1 aliphatic heterocycles. The zero-order valence-corrected chi connectivity index (χ0v) is 14.1. The number of aromatic nitrogens is 2. The van der Waals surface area contributed by atoms with Gasteiger partial charge in [-0.05, 0) is 42.2 Å². The summed E-state index contributed by atoms with van der Waals surface area (Å²) in [5, 5.41) is 0.625. The van der Waals surface area contributed by atoms with Gasteiger partial charge in [-0.25, -0.2) is 4.39 Å². The first-order chi connectivity index (χ1) is 11.6. The molecule has 0 amide bonds. The summed E-state index contributed by atoms with van der Waals surface area (Å²) in [4.78, 5) is 12.6. The maximum Gasteiger partial charge on any atom is 0.251 e. The van der Waals surface area contributed by atoms with Crippen molar-refractivity contribution in [3.05, 3.63) is 58.1 Å². The largest absolute Gasteiger partial charge is 0.337 e. The Balaban J connectivity index is 1.96. The van der Waals surface area contributed by atoms with Crippen molar-refractivity contribution in [2.75, 3.05) is 0 Å². The zero-order valence-electron chi connectivity index (χ0n) is 14.1. The van der Waals surface area contributed by atoms with Gasteiger partial charge in [0, 0.05) is 24.5 Å². The van der Waals surface area contributed by atoms with Gasteiger partial charge >= 0.3 is 0 Å². The summed E-state index contributed by atoms with van der Waals surface area (Å²) in [5.74, 6) is 0.142. The highest BCUT2D eigenvalue weighted by Crippen LogP contribution is 2.33. The Labute approximate surface area is 140 Å². The maximum atomic E-state index is 14.2. The number of benzene rings is 1. The standard InChI is InChI=1S/C20H21FN2O/c1-3-5-13(2)14-10-18-19-12-15-16(21)6-4-7-17(15)22(19)8-9-23(18)20(24)11-14/h4,6-7,10-13H,3,5,8-9H2,1-2H3. The Bertz CT molecular complexity index is 983. The van der Waals surface area contributed by atoms with Gasteiger partial charge in [0.15, 0.2) is 0 Å². The summed E-state index contributed by atoms with van der Waals surface area (Å²) in [6.07, 6.45) is 2.14. The van der Waals surface area contributed by atoms with Crippen LogP contribution in [0, 0.1) is 5.82 Å². The third kappa shape index (κ3) is 2.20. The number of hydrogen-bond donors (Lipinski definition) is 0. The molecule has 0 bridgehead atoms. The molecule has 3 heterocycles. The van der Waals surface area contributed by atoms with Crippen molar-refractivity contribution >= 4 is 10.9 Å². The summed E-state index contributed by atoms with van der Waals surface area (Å²) in [7, 11) is 0. The molecule has 4 heteroatoms. The molecule has 0 radical (unpaired) electrons. The van der Waals surface area contributed by atoms with E-state index in [9.17, 15) is 9.18 Å². The van der Waals surface area contributed by atoms with E-state index in [1.54, 1.807) is 12.1 Å². The van der Waals surface area contributed by atoms with E-state index in [4.69, 9.17) is 0 Å². The van der Waals surface area contributed by atoms with Gasteiger partial charge in [-0.3, -0.25) is 4.79 Å². The predicted molar refractivity (Wildman–Crippen MR) is 94.9 cm³/mol. The maximum absolute atomic E-state index is 14.2. The molecule has 1 aromatic carbocycles. The highest BCUT2D eigenvalue weighted by atomic mass is 19.1. The van der Waals surface area contributed by atoms with Crippen LogP contribution in [0.1, 0.15) is 38.2 Å². The van der Waals surface area contributed by atoms with Crippen LogP contribution < -0.4 is 5.56 Å². The Morgan fingerprint density at radius 2 is 1.88 bits per heavy atom. The summed E-state index contributed by atoms with van der Waals surface area (Å²) < 4.78 is 18.1. The second-order valence-electron chi connectivity index (χ2n) is 6.71. The molecule has 0 fully saturated rings. The number of hydrogen-bond acceptors (Lipinski definition) is 1. The first-order valence-corrected chi connectivity index (χ1v) is 8.63. The van der Waals surface area contributed by atoms with Crippen molar-refractivity contribution in [2.45, 2.75) is 45.7 Å². The van der Waals surface area contributed by atoms with Crippen molar-refractivity contribution < 1.29 is 4.39 Å². The lowest BCUT2D eigenvalue weighted by molar-refractivity contribution is 0.550. The highest BCUT2D eigenvalue weighted by molar-refractivity contribution is 5.87. The van der Waals surface area contributed by atoms with Crippen LogP contribution in [-0.4, -0.2) is 9.13 Å². The minimum Gasteiger partial charge on any atom is -0.337 e. The third-order valence-corrected chi connectivity index (χ3v) is 5.14. The Morgan fingerprint density at radius 3 is 2.67 bits per heavy atom. The fourth-order valence-corrected chi connectivity index (χ4v) is 3.85. The molecular formula is C20H21FN2O. The van der Waals surface area contributed by atoms with Gasteiger partial charge in [0.1, 0.15) is 5.82 Å². The fraction of sp³-hybridized carbons (Fsp3) is 0.350.